The number of phenols is 1. The molecule has 0 amide bonds. The Hall–Kier alpha value is -4.44. The topological polar surface area (TPSA) is 166 Å². The van der Waals surface area contributed by atoms with Gasteiger partial charge < -0.3 is 35.3 Å². The van der Waals surface area contributed by atoms with Gasteiger partial charge in [-0.15, -0.1) is 27.8 Å². The number of nitrogens with zero attached hydrogens (tertiary/aromatic N) is 4. The van der Waals surface area contributed by atoms with Gasteiger partial charge in [-0.3, -0.25) is 4.79 Å². The Balaban J connectivity index is 0.798. The molecular formula is C38H40N6O6S2. The molecule has 2 aliphatic rings. The van der Waals surface area contributed by atoms with Gasteiger partial charge in [0.25, 0.3) is 0 Å². The molecule has 0 bridgehead atoms. The van der Waals surface area contributed by atoms with Crippen molar-refractivity contribution in [3.63, 3.8) is 0 Å². The van der Waals surface area contributed by atoms with Crippen LogP contribution in [0.4, 0.5) is 0 Å². The van der Waals surface area contributed by atoms with Crippen LogP contribution in [0, 0.1) is 5.41 Å². The molecule has 5 N–H and O–H groups in total. The van der Waals surface area contributed by atoms with Crippen LogP contribution in [0.25, 0.3) is 21.9 Å². The maximum Gasteiger partial charge on any atom is 0.349 e. The minimum Gasteiger partial charge on any atom is -0.506 e. The number of phenolic OH excluding ortho intramolecular Hbond substituents is 1. The quantitative estimate of drug-likeness (QED) is 0.112. The molecule has 5 heterocycles. The number of nitrogens with one attached hydrogen (secondary N) is 2. The number of ether oxygens (including phenoxy) is 1. The molecule has 12 nitrogen and oxygen atoms in total. The van der Waals surface area contributed by atoms with Crippen LogP contribution in [0.1, 0.15) is 52.7 Å². The molecule has 270 valence electrons. The van der Waals surface area contributed by atoms with Gasteiger partial charge in [0.15, 0.2) is 0 Å². The Morgan fingerprint density at radius 1 is 1.04 bits per heavy atom. The van der Waals surface area contributed by atoms with Gasteiger partial charge in [0.05, 0.1) is 33.4 Å². The molecule has 4 aromatic heterocycles. The number of likely N-dealkylation sites (tertiary alicyclic amines) is 1. The van der Waals surface area contributed by atoms with Crippen LogP contribution in [-0.2, 0) is 28.2 Å². The Kier molecular flexibility index (Phi) is 9.44. The summed E-state index contributed by atoms with van der Waals surface area (Å²) in [4.78, 5) is 31.4. The van der Waals surface area contributed by atoms with E-state index in [1.54, 1.807) is 24.3 Å². The van der Waals surface area contributed by atoms with Crippen LogP contribution < -0.4 is 10.9 Å². The molecule has 2 aromatic carbocycles. The van der Waals surface area contributed by atoms with Crippen molar-refractivity contribution in [2.75, 3.05) is 26.2 Å². The van der Waals surface area contributed by atoms with Gasteiger partial charge in [0, 0.05) is 44.2 Å². The summed E-state index contributed by atoms with van der Waals surface area (Å²) in [5, 5.41) is 49.0. The number of H-pyrrole nitrogens is 1. The Morgan fingerprint density at radius 2 is 1.79 bits per heavy atom. The lowest BCUT2D eigenvalue weighted by Gasteiger charge is -2.53. The minimum atomic E-state index is -1.77. The fourth-order valence-electron chi connectivity index (χ4n) is 7.77. The number of fused-ring (bicyclic) bond motifs is 2. The van der Waals surface area contributed by atoms with E-state index in [0.29, 0.717) is 32.8 Å². The van der Waals surface area contributed by atoms with Gasteiger partial charge in [0.1, 0.15) is 17.4 Å². The first kappa shape index (κ1) is 34.6. The molecule has 1 atom stereocenters. The number of carbonyl (C=O) groups excluding carboxylic acids is 1. The first-order valence-electron chi connectivity index (χ1n) is 17.5. The van der Waals surface area contributed by atoms with Gasteiger partial charge in [-0.2, -0.15) is 0 Å². The molecule has 14 heteroatoms. The zero-order chi connectivity index (χ0) is 35.9. The van der Waals surface area contributed by atoms with E-state index in [2.05, 4.69) is 25.5 Å². The maximum atomic E-state index is 13.4. The van der Waals surface area contributed by atoms with Crippen molar-refractivity contribution in [3.8, 4) is 5.75 Å². The Labute approximate surface area is 307 Å². The largest absolute Gasteiger partial charge is 0.506 e. The zero-order valence-corrected chi connectivity index (χ0v) is 30.0. The predicted molar refractivity (Wildman–Crippen MR) is 199 cm³/mol. The summed E-state index contributed by atoms with van der Waals surface area (Å²) in [5.74, 6) is -0.627. The summed E-state index contributed by atoms with van der Waals surface area (Å²) in [6.45, 7) is 4.41. The minimum absolute atomic E-state index is 0.0398. The molecule has 0 radical (unpaired) electrons. The van der Waals surface area contributed by atoms with Crippen molar-refractivity contribution in [3.05, 3.63) is 109 Å². The smallest absolute Gasteiger partial charge is 0.349 e. The molecule has 1 spiro atoms. The number of thiophene rings is 2. The van der Waals surface area contributed by atoms with Crippen LogP contribution in [-0.4, -0.2) is 78.4 Å². The number of hydrogen-bond donors (Lipinski definition) is 5. The number of aliphatic hydroxyl groups is 2. The molecule has 1 saturated carbocycles. The van der Waals surface area contributed by atoms with Crippen molar-refractivity contribution in [1.29, 1.82) is 0 Å². The summed E-state index contributed by atoms with van der Waals surface area (Å²) in [6.07, 6.45) is 2.53. The van der Waals surface area contributed by atoms with Gasteiger partial charge in [-0.1, -0.05) is 29.5 Å². The molecule has 52 heavy (non-hydrogen) atoms. The molecule has 8 rings (SSSR count). The number of aromatic nitrogens is 4. The summed E-state index contributed by atoms with van der Waals surface area (Å²) in [5.41, 5.74) is 1.88. The Bertz CT molecular complexity index is 2200. The summed E-state index contributed by atoms with van der Waals surface area (Å²) in [7, 11) is 0. The van der Waals surface area contributed by atoms with E-state index in [0.717, 1.165) is 68.5 Å². The van der Waals surface area contributed by atoms with Crippen molar-refractivity contribution in [1.82, 2.24) is 30.2 Å². The highest BCUT2D eigenvalue weighted by molar-refractivity contribution is 7.12. The molecule has 1 aliphatic heterocycles. The van der Waals surface area contributed by atoms with Crippen molar-refractivity contribution >= 4 is 50.6 Å². The van der Waals surface area contributed by atoms with Crippen LogP contribution in [0.15, 0.2) is 82.3 Å². The normalized spacial score (nSPS) is 17.1. The first-order valence-corrected chi connectivity index (χ1v) is 19.3. The lowest BCUT2D eigenvalue weighted by atomic mass is 9.68. The third-order valence-corrected chi connectivity index (χ3v) is 12.5. The van der Waals surface area contributed by atoms with Crippen LogP contribution in [0.2, 0.25) is 0 Å². The number of rotatable bonds is 12. The Morgan fingerprint density at radius 3 is 2.50 bits per heavy atom. The van der Waals surface area contributed by atoms with E-state index < -0.39 is 17.7 Å². The lowest BCUT2D eigenvalue weighted by molar-refractivity contribution is -0.171. The average Bonchev–Trinajstić information content (AvgIpc) is 3.94. The highest BCUT2D eigenvalue weighted by atomic mass is 32.1. The van der Waals surface area contributed by atoms with E-state index in [-0.39, 0.29) is 29.4 Å². The van der Waals surface area contributed by atoms with Gasteiger partial charge in [0.2, 0.25) is 11.2 Å². The van der Waals surface area contributed by atoms with Crippen LogP contribution in [0.5, 0.6) is 5.75 Å². The standard InChI is InChI=1S/C38H40N6O6S2/c45-30-9-6-26(27-7-10-34(47)40-35(27)30)31(46)21-39-20-24-5-8-29-28(19-24)41-42-44(29)16-15-43-22-37(23-43)13-11-25(12-14-37)50-36(48)38(49,32-3-1-17-51-32)33-4-2-18-52-33/h1-10,17-19,25,31,39,45-46,49H,11-16,20-23H2,(H,40,47)/t31-/m0/s1. The third-order valence-electron chi connectivity index (χ3n) is 10.6. The molecule has 1 saturated heterocycles. The van der Waals surface area contributed by atoms with E-state index in [9.17, 15) is 24.9 Å². The number of esters is 1. The number of aliphatic hydroxyl groups excluding tert-OH is 1. The molecule has 2 fully saturated rings. The lowest BCUT2D eigenvalue weighted by Crippen LogP contribution is -2.58. The number of benzene rings is 2. The first-order chi connectivity index (χ1) is 25.2. The van der Waals surface area contributed by atoms with Crippen molar-refractivity contribution < 1.29 is 24.9 Å². The average molecular weight is 741 g/mol. The number of aromatic hydroxyl groups is 1. The summed E-state index contributed by atoms with van der Waals surface area (Å²) < 4.78 is 7.91. The molecular weight excluding hydrogens is 701 g/mol. The van der Waals surface area contributed by atoms with E-state index >= 15 is 0 Å². The summed E-state index contributed by atoms with van der Waals surface area (Å²) in [6, 6.07) is 19.4. The van der Waals surface area contributed by atoms with Crippen LogP contribution in [0.3, 0.4) is 0 Å². The van der Waals surface area contributed by atoms with Gasteiger partial charge in [-0.25, -0.2) is 9.48 Å². The number of hydrogen-bond acceptors (Lipinski definition) is 12. The second-order valence-corrected chi connectivity index (χ2v) is 15.9. The number of aromatic amines is 1. The molecule has 0 unspecified atom stereocenters. The van der Waals surface area contributed by atoms with Crippen LogP contribution >= 0.6 is 22.7 Å². The SMILES string of the molecule is O=C(OC1CCC2(CC1)CN(CCn1nnc3cc(CNC[C@H](O)c4ccc(O)c5[nH]c(=O)ccc45)ccc31)C2)C(O)(c1cccs1)c1cccs1. The van der Waals surface area contributed by atoms with E-state index in [1.807, 2.05) is 45.8 Å². The predicted octanol–water partition coefficient (Wildman–Crippen LogP) is 4.65. The van der Waals surface area contributed by atoms with Gasteiger partial charge in [-0.05, 0) is 89.4 Å². The zero-order valence-electron chi connectivity index (χ0n) is 28.4. The molecule has 6 aromatic rings. The highest BCUT2D eigenvalue weighted by Gasteiger charge is 2.48. The third kappa shape index (κ3) is 6.66. The van der Waals surface area contributed by atoms with E-state index in [1.165, 1.54) is 34.8 Å². The monoisotopic (exact) mass is 740 g/mol. The highest BCUT2D eigenvalue weighted by Crippen LogP contribution is 2.45. The van der Waals surface area contributed by atoms with Crippen molar-refractivity contribution in [2.45, 2.75) is 56.6 Å². The van der Waals surface area contributed by atoms with Gasteiger partial charge >= 0.3 is 5.97 Å². The fraction of sp³-hybridized carbons (Fsp3) is 0.368. The number of carbonyl (C=O) groups is 1. The van der Waals surface area contributed by atoms with E-state index in [4.69, 9.17) is 4.74 Å². The second kappa shape index (κ2) is 14.2. The second-order valence-electron chi connectivity index (χ2n) is 14.0. The maximum absolute atomic E-state index is 13.4. The number of pyridine rings is 1. The van der Waals surface area contributed by atoms with Crippen molar-refractivity contribution in [2.24, 2.45) is 5.41 Å². The fourth-order valence-corrected chi connectivity index (χ4v) is 9.48. The molecule has 1 aliphatic carbocycles. The summed E-state index contributed by atoms with van der Waals surface area (Å²) >= 11 is 2.71.